The number of esters is 1. The first-order chi connectivity index (χ1) is 19.5. The van der Waals surface area contributed by atoms with Crippen LogP contribution in [0, 0.1) is 5.92 Å². The molecular formula is C28H34N3O9P. The highest BCUT2D eigenvalue weighted by molar-refractivity contribution is 7.52. The van der Waals surface area contributed by atoms with Crippen LogP contribution < -0.4 is 20.9 Å². The molecule has 1 aromatic heterocycles. The molecule has 41 heavy (non-hydrogen) atoms. The van der Waals surface area contributed by atoms with E-state index in [2.05, 4.69) is 10.1 Å². The topological polar surface area (TPSA) is 158 Å². The number of aliphatic hydroxyl groups is 1. The zero-order chi connectivity index (χ0) is 29.7. The molecule has 4 rings (SSSR count). The molecule has 2 unspecified atom stereocenters. The SMILES string of the molecule is CC(C)OC(=O)[C@H](C)NP(=O)(OCC1O[C@@H](n2ccc(=O)[nH]c2=O)[C@@H](C)[C@@H]1O)Oc1ccc(-c2ccccc2)cc1. The van der Waals surface area contributed by atoms with Gasteiger partial charge in [-0.2, -0.15) is 5.09 Å². The average molecular weight is 588 g/mol. The average Bonchev–Trinajstić information content (AvgIpc) is 3.21. The van der Waals surface area contributed by atoms with Gasteiger partial charge in [-0.15, -0.1) is 0 Å². The summed E-state index contributed by atoms with van der Waals surface area (Å²) in [5.74, 6) is -1.02. The van der Waals surface area contributed by atoms with Crippen molar-refractivity contribution in [2.45, 2.75) is 58.3 Å². The van der Waals surface area contributed by atoms with Gasteiger partial charge in [0.1, 0.15) is 24.1 Å². The van der Waals surface area contributed by atoms with E-state index >= 15 is 0 Å². The van der Waals surface area contributed by atoms with Crippen molar-refractivity contribution >= 4 is 13.7 Å². The Balaban J connectivity index is 1.52. The van der Waals surface area contributed by atoms with Crippen molar-refractivity contribution in [3.05, 3.63) is 87.7 Å². The summed E-state index contributed by atoms with van der Waals surface area (Å²) >= 11 is 0. The van der Waals surface area contributed by atoms with Crippen LogP contribution in [0.15, 0.2) is 76.4 Å². The smallest absolute Gasteiger partial charge is 0.459 e. The Morgan fingerprint density at radius 1 is 1.07 bits per heavy atom. The van der Waals surface area contributed by atoms with E-state index < -0.39 is 68.1 Å². The molecule has 3 N–H and O–H groups in total. The highest BCUT2D eigenvalue weighted by Gasteiger charge is 2.44. The van der Waals surface area contributed by atoms with Crippen LogP contribution >= 0.6 is 7.75 Å². The quantitative estimate of drug-likeness (QED) is 0.225. The maximum Gasteiger partial charge on any atom is 0.459 e. The normalized spacial score (nSPS) is 22.7. The lowest BCUT2D eigenvalue weighted by atomic mass is 10.0. The number of hydrogen-bond donors (Lipinski definition) is 3. The lowest BCUT2D eigenvalue weighted by molar-refractivity contribution is -0.149. The monoisotopic (exact) mass is 587 g/mol. The molecule has 0 amide bonds. The van der Waals surface area contributed by atoms with Gasteiger partial charge in [0.25, 0.3) is 5.56 Å². The van der Waals surface area contributed by atoms with Crippen molar-refractivity contribution in [1.82, 2.24) is 14.6 Å². The number of benzene rings is 2. The van der Waals surface area contributed by atoms with Crippen molar-refractivity contribution in [3.63, 3.8) is 0 Å². The first-order valence-corrected chi connectivity index (χ1v) is 14.7. The zero-order valence-electron chi connectivity index (χ0n) is 23.1. The first-order valence-electron chi connectivity index (χ1n) is 13.2. The van der Waals surface area contributed by atoms with Crippen molar-refractivity contribution < 1.29 is 33.0 Å². The number of carbonyl (C=O) groups excluding carboxylic acids is 1. The third kappa shape index (κ3) is 7.60. The lowest BCUT2D eigenvalue weighted by Gasteiger charge is -2.25. The van der Waals surface area contributed by atoms with Gasteiger partial charge in [-0.05, 0) is 44.0 Å². The summed E-state index contributed by atoms with van der Waals surface area (Å²) < 4.78 is 37.6. The molecule has 12 nitrogen and oxygen atoms in total. The Bertz CT molecular complexity index is 1490. The van der Waals surface area contributed by atoms with Crippen LogP contribution in [0.2, 0.25) is 0 Å². The van der Waals surface area contributed by atoms with Gasteiger partial charge in [-0.1, -0.05) is 49.4 Å². The number of nitrogens with one attached hydrogen (secondary N) is 2. The Hall–Kier alpha value is -3.54. The molecule has 1 aliphatic rings. The van der Waals surface area contributed by atoms with Crippen LogP contribution in [0.5, 0.6) is 5.75 Å². The largest absolute Gasteiger partial charge is 0.462 e. The lowest BCUT2D eigenvalue weighted by Crippen LogP contribution is -2.37. The van der Waals surface area contributed by atoms with E-state index in [1.165, 1.54) is 19.2 Å². The third-order valence-electron chi connectivity index (χ3n) is 6.46. The van der Waals surface area contributed by atoms with Crippen LogP contribution in [-0.4, -0.2) is 51.6 Å². The minimum absolute atomic E-state index is 0.212. The number of aliphatic hydroxyl groups excluding tert-OH is 1. The van der Waals surface area contributed by atoms with Gasteiger partial charge in [0, 0.05) is 18.2 Å². The Kier molecular flexibility index (Phi) is 9.62. The molecule has 220 valence electrons. The van der Waals surface area contributed by atoms with Crippen LogP contribution in [0.25, 0.3) is 11.1 Å². The van der Waals surface area contributed by atoms with E-state index in [9.17, 15) is 24.1 Å². The summed E-state index contributed by atoms with van der Waals surface area (Å²) in [7, 11) is -4.25. The number of rotatable bonds is 11. The standard InChI is InChI=1S/C28H34N3O9P/c1-17(2)38-27(34)19(4)30-41(36,40-22-12-10-21(11-13-22)20-8-6-5-7-9-20)37-16-23-25(33)18(3)26(39-23)31-15-14-24(32)29-28(31)35/h5-15,17-19,23,25-26,33H,16H2,1-4H3,(H,30,36)(H,29,32,35)/t18-,19-,23?,25-,26+,41?/m0/s1. The highest BCUT2D eigenvalue weighted by Crippen LogP contribution is 2.46. The van der Waals surface area contributed by atoms with Gasteiger partial charge in [0.15, 0.2) is 0 Å². The van der Waals surface area contributed by atoms with Crippen LogP contribution in [0.4, 0.5) is 0 Å². The molecule has 1 fully saturated rings. The number of ether oxygens (including phenoxy) is 2. The van der Waals surface area contributed by atoms with Gasteiger partial charge in [0.05, 0.1) is 18.8 Å². The van der Waals surface area contributed by atoms with E-state index in [0.29, 0.717) is 0 Å². The summed E-state index contributed by atoms with van der Waals surface area (Å²) in [6, 6.07) is 16.6. The minimum atomic E-state index is -4.25. The fourth-order valence-corrected chi connectivity index (χ4v) is 5.84. The number of aromatic nitrogens is 2. The van der Waals surface area contributed by atoms with Gasteiger partial charge >= 0.3 is 19.4 Å². The molecular weight excluding hydrogens is 553 g/mol. The Labute approximate surface area is 236 Å². The molecule has 13 heteroatoms. The Morgan fingerprint density at radius 2 is 1.73 bits per heavy atom. The number of carbonyl (C=O) groups is 1. The van der Waals surface area contributed by atoms with Crippen LogP contribution in [0.1, 0.15) is 33.9 Å². The van der Waals surface area contributed by atoms with Gasteiger partial charge in [-0.25, -0.2) is 9.36 Å². The van der Waals surface area contributed by atoms with Gasteiger partial charge in [-0.3, -0.25) is 23.7 Å². The number of hydrogen-bond acceptors (Lipinski definition) is 9. The van der Waals surface area contributed by atoms with E-state index in [-0.39, 0.29) is 5.75 Å². The Morgan fingerprint density at radius 3 is 2.37 bits per heavy atom. The van der Waals surface area contributed by atoms with Gasteiger partial charge in [0.2, 0.25) is 0 Å². The van der Waals surface area contributed by atoms with E-state index in [4.69, 9.17) is 18.5 Å². The minimum Gasteiger partial charge on any atom is -0.462 e. The van der Waals surface area contributed by atoms with Crippen LogP contribution in [0.3, 0.4) is 0 Å². The summed E-state index contributed by atoms with van der Waals surface area (Å²) in [5.41, 5.74) is 0.633. The van der Waals surface area contributed by atoms with E-state index in [0.717, 1.165) is 15.7 Å². The maximum absolute atomic E-state index is 13.9. The van der Waals surface area contributed by atoms with E-state index in [1.807, 2.05) is 30.3 Å². The van der Waals surface area contributed by atoms with Crippen molar-refractivity contribution in [1.29, 1.82) is 0 Å². The summed E-state index contributed by atoms with van der Waals surface area (Å²) in [4.78, 5) is 38.3. The first kappa shape index (κ1) is 30.4. The molecule has 0 aliphatic carbocycles. The molecule has 2 aromatic carbocycles. The van der Waals surface area contributed by atoms with Gasteiger partial charge < -0.3 is 19.1 Å². The molecule has 2 heterocycles. The molecule has 0 bridgehead atoms. The third-order valence-corrected chi connectivity index (χ3v) is 8.11. The second-order valence-electron chi connectivity index (χ2n) is 10.0. The molecule has 3 aromatic rings. The predicted molar refractivity (Wildman–Crippen MR) is 150 cm³/mol. The highest BCUT2D eigenvalue weighted by atomic mass is 31.2. The fraction of sp³-hybridized carbons (Fsp3) is 0.393. The second-order valence-corrected chi connectivity index (χ2v) is 11.7. The number of nitrogens with zero attached hydrogens (tertiary/aromatic N) is 1. The molecule has 6 atom stereocenters. The number of aromatic amines is 1. The summed E-state index contributed by atoms with van der Waals surface area (Å²) in [5, 5.41) is 13.4. The van der Waals surface area contributed by atoms with Crippen LogP contribution in [-0.2, 0) is 23.4 Å². The van der Waals surface area contributed by atoms with Crippen molar-refractivity contribution in [2.24, 2.45) is 5.92 Å². The zero-order valence-corrected chi connectivity index (χ0v) is 24.0. The van der Waals surface area contributed by atoms with Crippen molar-refractivity contribution in [3.8, 4) is 16.9 Å². The van der Waals surface area contributed by atoms with E-state index in [1.54, 1.807) is 45.0 Å². The fourth-order valence-electron chi connectivity index (χ4n) is 4.34. The summed E-state index contributed by atoms with van der Waals surface area (Å²) in [6.07, 6.45) is -2.15. The second kappa shape index (κ2) is 13.0. The summed E-state index contributed by atoms with van der Waals surface area (Å²) in [6.45, 7) is 6.10. The molecule has 1 saturated heterocycles. The molecule has 1 aliphatic heterocycles. The number of H-pyrrole nitrogens is 1. The predicted octanol–water partition coefficient (Wildman–Crippen LogP) is 3.23. The molecule has 0 radical (unpaired) electrons. The maximum atomic E-state index is 13.9. The molecule has 0 saturated carbocycles. The van der Waals surface area contributed by atoms with Crippen molar-refractivity contribution in [2.75, 3.05) is 6.61 Å². The molecule has 0 spiro atoms.